The van der Waals surface area contributed by atoms with E-state index in [0.29, 0.717) is 0 Å². The van der Waals surface area contributed by atoms with Crippen molar-refractivity contribution in [2.24, 2.45) is 0 Å². The lowest BCUT2D eigenvalue weighted by Gasteiger charge is -2.37. The van der Waals surface area contributed by atoms with Crippen molar-refractivity contribution in [3.05, 3.63) is 314 Å². The molecule has 2 aromatic heterocycles. The highest BCUT2D eigenvalue weighted by atomic mass is 16.3. The zero-order valence-electron chi connectivity index (χ0n) is 48.1. The van der Waals surface area contributed by atoms with E-state index in [-0.39, 0.29) is 5.41 Å². The third-order valence-electron chi connectivity index (χ3n) is 18.1. The maximum absolute atomic E-state index is 6.44. The Morgan fingerprint density at radius 1 is 0.241 bits per heavy atom. The Hall–Kier alpha value is -11.2. The van der Waals surface area contributed by atoms with Crippen LogP contribution in [0.1, 0.15) is 25.0 Å². The molecule has 0 amide bonds. The number of anilines is 6. The lowest BCUT2D eigenvalue weighted by molar-refractivity contribution is 0.645. The monoisotopic (exact) mass is 1110 g/mol. The molecule has 17 rings (SSSR count). The van der Waals surface area contributed by atoms with Crippen molar-refractivity contribution in [3.8, 4) is 55.6 Å². The van der Waals surface area contributed by atoms with Crippen LogP contribution in [0.15, 0.2) is 312 Å². The molecule has 0 bridgehead atoms. The lowest BCUT2D eigenvalue weighted by atomic mass is 9.68. The number of rotatable bonds is 10. The zero-order chi connectivity index (χ0) is 57.7. The second-order valence-corrected chi connectivity index (χ2v) is 23.6. The molecule has 87 heavy (non-hydrogen) atoms. The van der Waals surface area contributed by atoms with Crippen LogP contribution in [-0.4, -0.2) is 0 Å². The first kappa shape index (κ1) is 50.3. The highest BCUT2D eigenvalue weighted by molar-refractivity contribution is 6.18. The minimum atomic E-state index is -0.388. The summed E-state index contributed by atoms with van der Waals surface area (Å²) in [6.45, 7) is 4.82. The highest BCUT2D eigenvalue weighted by Gasteiger charge is 2.35. The van der Waals surface area contributed by atoms with E-state index < -0.39 is 0 Å². The fraction of sp³-hybridized carbons (Fsp3) is 0.0361. The van der Waals surface area contributed by atoms with Gasteiger partial charge in [-0.05, 0) is 204 Å². The van der Waals surface area contributed by atoms with E-state index in [2.05, 4.69) is 315 Å². The van der Waals surface area contributed by atoms with Gasteiger partial charge in [0.15, 0.2) is 0 Å². The largest absolute Gasteiger partial charge is 0.456 e. The predicted molar refractivity (Wildman–Crippen MR) is 365 cm³/mol. The van der Waals surface area contributed by atoms with E-state index in [0.717, 1.165) is 123 Å². The van der Waals surface area contributed by atoms with Crippen molar-refractivity contribution in [2.45, 2.75) is 19.3 Å². The van der Waals surface area contributed by atoms with E-state index in [9.17, 15) is 0 Å². The second kappa shape index (κ2) is 20.0. The van der Waals surface area contributed by atoms with Crippen molar-refractivity contribution < 1.29 is 8.83 Å². The molecule has 0 aliphatic heterocycles. The van der Waals surface area contributed by atoms with Crippen LogP contribution in [0.25, 0.3) is 121 Å². The molecule has 4 heteroatoms. The molecule has 0 saturated heterocycles. The minimum Gasteiger partial charge on any atom is -0.456 e. The molecule has 410 valence electrons. The van der Waals surface area contributed by atoms with Crippen LogP contribution >= 0.6 is 0 Å². The Morgan fingerprint density at radius 3 is 1.11 bits per heavy atom. The number of hydrogen-bond donors (Lipinski definition) is 0. The molecule has 1 aliphatic carbocycles. The molecule has 16 aromatic rings. The molecule has 0 spiro atoms. The third-order valence-corrected chi connectivity index (χ3v) is 18.1. The number of hydrogen-bond acceptors (Lipinski definition) is 4. The normalized spacial score (nSPS) is 12.6. The summed E-state index contributed by atoms with van der Waals surface area (Å²) in [7, 11) is 0. The summed E-state index contributed by atoms with van der Waals surface area (Å²) in [6, 6.07) is 111. The highest BCUT2D eigenvalue weighted by Crippen LogP contribution is 2.54. The van der Waals surface area contributed by atoms with Gasteiger partial charge in [0.1, 0.15) is 22.3 Å². The molecule has 0 unspecified atom stereocenters. The van der Waals surface area contributed by atoms with Gasteiger partial charge in [-0.1, -0.05) is 202 Å². The van der Waals surface area contributed by atoms with Crippen molar-refractivity contribution in [3.63, 3.8) is 0 Å². The predicted octanol–water partition coefficient (Wildman–Crippen LogP) is 23.7. The molecular formula is C83H56N2O2. The molecule has 2 heterocycles. The molecular weight excluding hydrogens is 1060 g/mol. The molecule has 0 atom stereocenters. The fourth-order valence-corrected chi connectivity index (χ4v) is 13.9. The van der Waals surface area contributed by atoms with E-state index in [1.165, 1.54) is 43.8 Å². The maximum Gasteiger partial charge on any atom is 0.135 e. The first-order valence-corrected chi connectivity index (χ1v) is 29.9. The van der Waals surface area contributed by atoms with Gasteiger partial charge >= 0.3 is 0 Å². The minimum absolute atomic E-state index is 0.388. The Morgan fingerprint density at radius 2 is 0.632 bits per heavy atom. The Balaban J connectivity index is 0.855. The SMILES string of the molecule is CC1(C)c2cc(N(c3cc(-c4ccccc4)cc(-c4ccccc4)c3)c3ccc4oc5ccccc5c4c3)ccc2-c2cc3ccc(N(c4cc(-c5ccccc5)cc(-c5ccccc5)c4)c4ccc5oc6ccccc6c5c4)cc3c3cccc1c23. The van der Waals surface area contributed by atoms with E-state index in [4.69, 9.17) is 8.83 Å². The first-order valence-electron chi connectivity index (χ1n) is 29.9. The fourth-order valence-electron chi connectivity index (χ4n) is 13.9. The second-order valence-electron chi connectivity index (χ2n) is 23.6. The molecule has 0 radical (unpaired) electrons. The summed E-state index contributed by atoms with van der Waals surface area (Å²) < 4.78 is 12.9. The molecule has 1 aliphatic rings. The molecule has 0 N–H and O–H groups in total. The maximum atomic E-state index is 6.44. The van der Waals surface area contributed by atoms with Gasteiger partial charge in [0.2, 0.25) is 0 Å². The van der Waals surface area contributed by atoms with Crippen LogP contribution in [-0.2, 0) is 5.41 Å². The standard InChI is InChI=1S/C83H56N2O2/c1-83(2)76-31-19-30-71-72-49-62(84(63-37-40-80-73(50-63)69-28-15-17-32-78(69)86-80)66-44-58(53-20-7-3-8-21-53)42-59(45-66)54-22-9-4-10-23-54)35-34-57(72)48-75(82(71)76)68-39-36-65(52-77(68)83)85(64-38-41-81-74(51-64)70-29-16-18-33-79(70)87-81)67-46-60(55-24-11-5-12-25-55)43-61(47-67)56-26-13-6-14-27-56/h3-52H,1-2H3. The van der Waals surface area contributed by atoms with Gasteiger partial charge in [0.05, 0.1) is 0 Å². The zero-order valence-corrected chi connectivity index (χ0v) is 48.1. The number of fused-ring (bicyclic) bond motifs is 10. The third kappa shape index (κ3) is 8.43. The summed E-state index contributed by atoms with van der Waals surface area (Å²) >= 11 is 0. The molecule has 0 saturated carbocycles. The Bertz CT molecular complexity index is 5260. The average molecular weight is 1110 g/mol. The quantitative estimate of drug-likeness (QED) is 0.128. The Labute approximate surface area is 504 Å². The lowest BCUT2D eigenvalue weighted by Crippen LogP contribution is -2.24. The van der Waals surface area contributed by atoms with Gasteiger partial charge in [0.25, 0.3) is 0 Å². The number of furan rings is 2. The van der Waals surface area contributed by atoms with Gasteiger partial charge in [-0.15, -0.1) is 0 Å². The van der Waals surface area contributed by atoms with E-state index >= 15 is 0 Å². The number of nitrogens with zero attached hydrogens (tertiary/aromatic N) is 2. The number of benzene rings is 14. The smallest absolute Gasteiger partial charge is 0.135 e. The summed E-state index contributed by atoms with van der Waals surface area (Å²) in [5.74, 6) is 0. The van der Waals surface area contributed by atoms with Crippen LogP contribution in [0.3, 0.4) is 0 Å². The summed E-state index contributed by atoms with van der Waals surface area (Å²) in [5, 5.41) is 9.26. The Kier molecular flexibility index (Phi) is 11.6. The van der Waals surface area contributed by atoms with Crippen LogP contribution < -0.4 is 9.80 Å². The summed E-state index contributed by atoms with van der Waals surface area (Å²) in [4.78, 5) is 4.89. The van der Waals surface area contributed by atoms with Crippen LogP contribution in [0.5, 0.6) is 0 Å². The van der Waals surface area contributed by atoms with Crippen molar-refractivity contribution in [1.29, 1.82) is 0 Å². The van der Waals surface area contributed by atoms with E-state index in [1.807, 2.05) is 12.1 Å². The summed E-state index contributed by atoms with van der Waals surface area (Å²) in [5.41, 5.74) is 23.8. The van der Waals surface area contributed by atoms with Crippen molar-refractivity contribution >= 4 is 99.5 Å². The number of para-hydroxylation sites is 2. The van der Waals surface area contributed by atoms with Crippen LogP contribution in [0, 0.1) is 0 Å². The topological polar surface area (TPSA) is 32.8 Å². The summed E-state index contributed by atoms with van der Waals surface area (Å²) in [6.07, 6.45) is 0. The van der Waals surface area contributed by atoms with Crippen LogP contribution in [0.4, 0.5) is 34.1 Å². The van der Waals surface area contributed by atoms with Crippen LogP contribution in [0.2, 0.25) is 0 Å². The van der Waals surface area contributed by atoms with Crippen molar-refractivity contribution in [1.82, 2.24) is 0 Å². The average Bonchev–Trinajstić information content (AvgIpc) is 1.84. The van der Waals surface area contributed by atoms with Crippen molar-refractivity contribution in [2.75, 3.05) is 9.80 Å². The van der Waals surface area contributed by atoms with Gasteiger partial charge < -0.3 is 18.6 Å². The molecule has 4 nitrogen and oxygen atoms in total. The van der Waals surface area contributed by atoms with Gasteiger partial charge in [-0.25, -0.2) is 0 Å². The van der Waals surface area contributed by atoms with Gasteiger partial charge in [-0.3, -0.25) is 0 Å². The van der Waals surface area contributed by atoms with E-state index in [1.54, 1.807) is 0 Å². The molecule has 14 aromatic carbocycles. The first-order chi connectivity index (χ1) is 42.8. The van der Waals surface area contributed by atoms with Gasteiger partial charge in [0, 0.05) is 61.1 Å². The van der Waals surface area contributed by atoms with Gasteiger partial charge in [-0.2, -0.15) is 0 Å². The molecule has 0 fully saturated rings.